The minimum Gasteiger partial charge on any atom is -0.492 e. The maximum Gasteiger partial charge on any atom is 0.318 e. The van der Waals surface area contributed by atoms with E-state index in [0.717, 1.165) is 11.3 Å². The van der Waals surface area contributed by atoms with Gasteiger partial charge in [-0.15, -0.1) is 0 Å². The van der Waals surface area contributed by atoms with Gasteiger partial charge in [-0.3, -0.25) is 4.79 Å². The van der Waals surface area contributed by atoms with Crippen molar-refractivity contribution in [1.29, 1.82) is 0 Å². The van der Waals surface area contributed by atoms with E-state index in [1.165, 1.54) is 0 Å². The molecule has 21 heavy (non-hydrogen) atoms. The first-order chi connectivity index (χ1) is 10.1. The van der Waals surface area contributed by atoms with E-state index in [0.29, 0.717) is 16.5 Å². The summed E-state index contributed by atoms with van der Waals surface area (Å²) < 4.78 is 10.9. The molecule has 0 fully saturated rings. The normalized spacial score (nSPS) is 16.8. The maximum absolute atomic E-state index is 12.3. The second kappa shape index (κ2) is 5.96. The van der Waals surface area contributed by atoms with Crippen LogP contribution in [0, 0.1) is 5.92 Å². The third kappa shape index (κ3) is 2.99. The molecule has 0 N–H and O–H groups in total. The lowest BCUT2D eigenvalue weighted by Crippen LogP contribution is -2.31. The van der Waals surface area contributed by atoms with Crippen molar-refractivity contribution in [1.82, 2.24) is 0 Å². The Morgan fingerprint density at radius 2 is 1.81 bits per heavy atom. The quantitative estimate of drug-likeness (QED) is 0.615. The van der Waals surface area contributed by atoms with E-state index in [9.17, 15) is 4.79 Å². The maximum atomic E-state index is 12.3. The summed E-state index contributed by atoms with van der Waals surface area (Å²) in [6.07, 6.45) is 0.580. The summed E-state index contributed by atoms with van der Waals surface area (Å²) in [4.78, 5) is 12.3. The lowest BCUT2D eigenvalue weighted by Gasteiger charge is -2.24. The van der Waals surface area contributed by atoms with Crippen LogP contribution in [0.1, 0.15) is 5.56 Å². The molecule has 2 aromatic carbocycles. The molecule has 1 unspecified atom stereocenters. The Kier molecular flexibility index (Phi) is 4.04. The van der Waals surface area contributed by atoms with Gasteiger partial charge in [-0.1, -0.05) is 47.5 Å². The molecule has 0 radical (unpaired) electrons. The number of esters is 1. The van der Waals surface area contributed by atoms with E-state index in [1.807, 2.05) is 24.3 Å². The van der Waals surface area contributed by atoms with Crippen molar-refractivity contribution < 1.29 is 14.3 Å². The number of rotatable bonds is 2. The first-order valence-electron chi connectivity index (χ1n) is 6.51. The Hall–Kier alpha value is -1.71. The number of ether oxygens (including phenoxy) is 2. The van der Waals surface area contributed by atoms with Gasteiger partial charge in [-0.25, -0.2) is 0 Å². The highest BCUT2D eigenvalue weighted by molar-refractivity contribution is 6.37. The molecule has 0 bridgehead atoms. The number of hydrogen-bond acceptors (Lipinski definition) is 3. The van der Waals surface area contributed by atoms with E-state index < -0.39 is 0 Å². The van der Waals surface area contributed by atoms with Crippen molar-refractivity contribution in [2.45, 2.75) is 6.42 Å². The average molecular weight is 323 g/mol. The molecule has 0 spiro atoms. The molecule has 3 rings (SSSR count). The second-order valence-corrected chi connectivity index (χ2v) is 5.61. The summed E-state index contributed by atoms with van der Waals surface area (Å²) in [5.74, 6) is 0.258. The zero-order valence-electron chi connectivity index (χ0n) is 11.0. The molecule has 1 aliphatic heterocycles. The largest absolute Gasteiger partial charge is 0.492 e. The summed E-state index contributed by atoms with van der Waals surface area (Å²) in [6, 6.07) is 12.6. The third-order valence-corrected chi connectivity index (χ3v) is 3.93. The molecular formula is C16H12Cl2O3. The minimum atomic E-state index is -0.389. The van der Waals surface area contributed by atoms with Gasteiger partial charge in [-0.2, -0.15) is 0 Å². The molecule has 1 aliphatic rings. The number of halogens is 2. The zero-order chi connectivity index (χ0) is 14.8. The van der Waals surface area contributed by atoms with E-state index in [2.05, 4.69) is 0 Å². The molecule has 0 aliphatic carbocycles. The van der Waals surface area contributed by atoms with Gasteiger partial charge in [0.15, 0.2) is 5.75 Å². The number of benzene rings is 2. The van der Waals surface area contributed by atoms with Crippen LogP contribution in [0.4, 0.5) is 0 Å². The highest BCUT2D eigenvalue weighted by atomic mass is 35.5. The second-order valence-electron chi connectivity index (χ2n) is 4.79. The highest BCUT2D eigenvalue weighted by Crippen LogP contribution is 2.34. The fourth-order valence-corrected chi connectivity index (χ4v) is 2.72. The van der Waals surface area contributed by atoms with Gasteiger partial charge in [0, 0.05) is 0 Å². The number of para-hydroxylation sites is 2. The molecule has 1 heterocycles. The molecular weight excluding hydrogens is 311 g/mol. The molecule has 0 saturated heterocycles. The Bertz CT molecular complexity index is 665. The molecule has 5 heteroatoms. The lowest BCUT2D eigenvalue weighted by molar-refractivity contribution is -0.140. The first kappa shape index (κ1) is 14.2. The van der Waals surface area contributed by atoms with Crippen LogP contribution in [0.3, 0.4) is 0 Å². The summed E-state index contributed by atoms with van der Waals surface area (Å²) >= 11 is 12.0. The van der Waals surface area contributed by atoms with E-state index in [-0.39, 0.29) is 24.2 Å². The number of carbonyl (C=O) groups is 1. The fourth-order valence-electron chi connectivity index (χ4n) is 2.24. The van der Waals surface area contributed by atoms with Crippen molar-refractivity contribution in [3.63, 3.8) is 0 Å². The molecule has 108 valence electrons. The fraction of sp³-hybridized carbons (Fsp3) is 0.188. The van der Waals surface area contributed by atoms with Crippen LogP contribution < -0.4 is 9.47 Å². The Morgan fingerprint density at radius 1 is 1.10 bits per heavy atom. The number of fused-ring (bicyclic) bond motifs is 1. The van der Waals surface area contributed by atoms with Crippen molar-refractivity contribution >= 4 is 29.2 Å². The standard InChI is InChI=1S/C16H12Cl2O3/c17-12-5-3-6-13(18)15(12)21-16(19)11-8-10-4-1-2-7-14(10)20-9-11/h1-7,11H,8-9H2. The first-order valence-corrected chi connectivity index (χ1v) is 7.27. The SMILES string of the molecule is O=C(Oc1c(Cl)cccc1Cl)C1COc2ccccc2C1. The van der Waals surface area contributed by atoms with Gasteiger partial charge in [0.2, 0.25) is 0 Å². The summed E-state index contributed by atoms with van der Waals surface area (Å²) in [5.41, 5.74) is 0.996. The number of carbonyl (C=O) groups excluding carboxylic acids is 1. The summed E-state index contributed by atoms with van der Waals surface area (Å²) in [6.45, 7) is 0.290. The van der Waals surface area contributed by atoms with Gasteiger partial charge in [0.25, 0.3) is 0 Å². The van der Waals surface area contributed by atoms with Crippen LogP contribution in [0.5, 0.6) is 11.5 Å². The predicted molar refractivity (Wildman–Crippen MR) is 81.2 cm³/mol. The minimum absolute atomic E-state index is 0.199. The zero-order valence-corrected chi connectivity index (χ0v) is 12.5. The molecule has 3 nitrogen and oxygen atoms in total. The Labute approximate surface area is 132 Å². The predicted octanol–water partition coefficient (Wildman–Crippen LogP) is 4.15. The van der Waals surface area contributed by atoms with Gasteiger partial charge in [-0.05, 0) is 30.2 Å². The highest BCUT2D eigenvalue weighted by Gasteiger charge is 2.28. The van der Waals surface area contributed by atoms with Crippen LogP contribution in [-0.4, -0.2) is 12.6 Å². The Morgan fingerprint density at radius 3 is 2.57 bits per heavy atom. The van der Waals surface area contributed by atoms with E-state index in [1.54, 1.807) is 18.2 Å². The van der Waals surface area contributed by atoms with Crippen LogP contribution in [0.2, 0.25) is 10.0 Å². The average Bonchev–Trinajstić information content (AvgIpc) is 2.50. The van der Waals surface area contributed by atoms with Crippen LogP contribution in [0.25, 0.3) is 0 Å². The van der Waals surface area contributed by atoms with E-state index in [4.69, 9.17) is 32.7 Å². The van der Waals surface area contributed by atoms with Crippen LogP contribution in [-0.2, 0) is 11.2 Å². The lowest BCUT2D eigenvalue weighted by atomic mass is 9.97. The van der Waals surface area contributed by atoms with E-state index >= 15 is 0 Å². The monoisotopic (exact) mass is 322 g/mol. The van der Waals surface area contributed by atoms with Crippen molar-refractivity contribution in [3.05, 3.63) is 58.1 Å². The smallest absolute Gasteiger partial charge is 0.318 e. The Balaban J connectivity index is 1.76. The van der Waals surface area contributed by atoms with Crippen LogP contribution in [0.15, 0.2) is 42.5 Å². The van der Waals surface area contributed by atoms with Gasteiger partial charge in [0.1, 0.15) is 12.4 Å². The summed E-state index contributed by atoms with van der Waals surface area (Å²) in [5, 5.41) is 0.626. The molecule has 0 aromatic heterocycles. The molecule has 1 atom stereocenters. The van der Waals surface area contributed by atoms with Crippen molar-refractivity contribution in [3.8, 4) is 11.5 Å². The molecule has 0 amide bonds. The van der Waals surface area contributed by atoms with Gasteiger partial charge in [0.05, 0.1) is 16.0 Å². The van der Waals surface area contributed by atoms with Gasteiger partial charge < -0.3 is 9.47 Å². The van der Waals surface area contributed by atoms with Crippen molar-refractivity contribution in [2.24, 2.45) is 5.92 Å². The van der Waals surface area contributed by atoms with Crippen molar-refractivity contribution in [2.75, 3.05) is 6.61 Å². The summed E-state index contributed by atoms with van der Waals surface area (Å²) in [7, 11) is 0. The number of hydrogen-bond donors (Lipinski definition) is 0. The topological polar surface area (TPSA) is 35.5 Å². The van der Waals surface area contributed by atoms with Crippen LogP contribution >= 0.6 is 23.2 Å². The molecule has 2 aromatic rings. The molecule has 0 saturated carbocycles. The van der Waals surface area contributed by atoms with Gasteiger partial charge >= 0.3 is 5.97 Å². The third-order valence-electron chi connectivity index (χ3n) is 3.33.